The largest absolute Gasteiger partial charge is 0.307 e. The van der Waals surface area contributed by atoms with Crippen molar-refractivity contribution in [2.24, 2.45) is 0 Å². The van der Waals surface area contributed by atoms with Gasteiger partial charge in [0.2, 0.25) is 0 Å². The number of hydrogen-bond acceptors (Lipinski definition) is 4. The molecule has 1 amide bonds. The molecule has 26 heavy (non-hydrogen) atoms. The van der Waals surface area contributed by atoms with Gasteiger partial charge >= 0.3 is 0 Å². The normalized spacial score (nSPS) is 16.8. The summed E-state index contributed by atoms with van der Waals surface area (Å²) >= 11 is 1.53. The number of benzene rings is 1. The van der Waals surface area contributed by atoms with Crippen molar-refractivity contribution in [3.05, 3.63) is 51.8 Å². The standard InChI is InChI=1S/C21H21N3OS/c1-12-17-13(2)22-19(15-9-10-15)23-20(17)26-18(12)21(25)24-11-5-7-14-6-3-4-8-16(14)24/h3-4,6,8,15H,5,7,9-11H2,1-2H3. The molecule has 1 aliphatic carbocycles. The Morgan fingerprint density at radius 2 is 2.00 bits per heavy atom. The van der Waals surface area contributed by atoms with Crippen LogP contribution in [0.1, 0.15) is 57.5 Å². The van der Waals surface area contributed by atoms with Crippen LogP contribution in [0.15, 0.2) is 24.3 Å². The van der Waals surface area contributed by atoms with E-state index < -0.39 is 0 Å². The number of hydrogen-bond donors (Lipinski definition) is 0. The Bertz CT molecular complexity index is 1040. The summed E-state index contributed by atoms with van der Waals surface area (Å²) in [4.78, 5) is 26.6. The molecule has 0 saturated heterocycles. The third-order valence-electron chi connectivity index (χ3n) is 5.48. The summed E-state index contributed by atoms with van der Waals surface area (Å²) in [5, 5.41) is 1.06. The second-order valence-corrected chi connectivity index (χ2v) is 8.37. The Balaban J connectivity index is 1.60. The molecule has 1 saturated carbocycles. The van der Waals surface area contributed by atoms with Gasteiger partial charge in [-0.1, -0.05) is 18.2 Å². The molecule has 0 N–H and O–H groups in total. The Kier molecular flexibility index (Phi) is 3.60. The monoisotopic (exact) mass is 363 g/mol. The van der Waals surface area contributed by atoms with Crippen molar-refractivity contribution in [3.63, 3.8) is 0 Å². The van der Waals surface area contributed by atoms with Crippen molar-refractivity contribution in [2.75, 3.05) is 11.4 Å². The highest BCUT2D eigenvalue weighted by molar-refractivity contribution is 7.20. The summed E-state index contributed by atoms with van der Waals surface area (Å²) in [5.74, 6) is 1.58. The first kappa shape index (κ1) is 15.9. The summed E-state index contributed by atoms with van der Waals surface area (Å²) < 4.78 is 0. The first-order valence-corrected chi connectivity index (χ1v) is 10.1. The van der Waals surface area contributed by atoms with Gasteiger partial charge in [-0.15, -0.1) is 11.3 Å². The molecule has 0 atom stereocenters. The Hall–Kier alpha value is -2.27. The van der Waals surface area contributed by atoms with Gasteiger partial charge in [0.25, 0.3) is 5.91 Å². The van der Waals surface area contributed by atoms with Crippen LogP contribution in [0.2, 0.25) is 0 Å². The predicted octanol–water partition coefficient (Wildman–Crippen LogP) is 4.78. The number of para-hydroxylation sites is 1. The lowest BCUT2D eigenvalue weighted by molar-refractivity contribution is 0.0988. The van der Waals surface area contributed by atoms with Gasteiger partial charge in [0.05, 0.1) is 10.6 Å². The van der Waals surface area contributed by atoms with Gasteiger partial charge in [0.1, 0.15) is 10.7 Å². The van der Waals surface area contributed by atoms with Gasteiger partial charge in [-0.3, -0.25) is 4.79 Å². The van der Waals surface area contributed by atoms with E-state index in [1.165, 1.54) is 29.7 Å². The van der Waals surface area contributed by atoms with E-state index in [1.54, 1.807) is 0 Å². The maximum absolute atomic E-state index is 13.4. The molecule has 0 unspecified atom stereocenters. The number of amides is 1. The molecule has 132 valence electrons. The van der Waals surface area contributed by atoms with Crippen molar-refractivity contribution in [1.82, 2.24) is 9.97 Å². The first-order chi connectivity index (χ1) is 12.6. The number of fused-ring (bicyclic) bond motifs is 2. The van der Waals surface area contributed by atoms with E-state index in [1.807, 2.05) is 24.8 Å². The molecular formula is C21H21N3OS. The van der Waals surface area contributed by atoms with Gasteiger partial charge in [-0.05, 0) is 56.7 Å². The zero-order valence-electron chi connectivity index (χ0n) is 15.1. The maximum Gasteiger partial charge on any atom is 0.268 e. The molecule has 1 aliphatic heterocycles. The second-order valence-electron chi connectivity index (χ2n) is 7.37. The molecular weight excluding hydrogens is 342 g/mol. The van der Waals surface area contributed by atoms with Gasteiger partial charge in [0.15, 0.2) is 0 Å². The van der Waals surface area contributed by atoms with E-state index >= 15 is 0 Å². The van der Waals surface area contributed by atoms with E-state index in [0.29, 0.717) is 5.92 Å². The van der Waals surface area contributed by atoms with E-state index in [0.717, 1.165) is 57.2 Å². The average Bonchev–Trinajstić information content (AvgIpc) is 3.44. The van der Waals surface area contributed by atoms with Gasteiger partial charge in [0, 0.05) is 23.5 Å². The van der Waals surface area contributed by atoms with Crippen LogP contribution in [-0.2, 0) is 6.42 Å². The van der Waals surface area contributed by atoms with Crippen LogP contribution < -0.4 is 4.90 Å². The molecule has 0 radical (unpaired) electrons. The highest BCUT2D eigenvalue weighted by Gasteiger charge is 2.30. The summed E-state index contributed by atoms with van der Waals surface area (Å²) in [5.41, 5.74) is 4.35. The zero-order chi connectivity index (χ0) is 17.8. The van der Waals surface area contributed by atoms with Gasteiger partial charge < -0.3 is 4.90 Å². The summed E-state index contributed by atoms with van der Waals surface area (Å²) in [6.07, 6.45) is 4.43. The zero-order valence-corrected chi connectivity index (χ0v) is 15.9. The predicted molar refractivity (Wildman–Crippen MR) is 105 cm³/mol. The molecule has 0 spiro atoms. The fraction of sp³-hybridized carbons (Fsp3) is 0.381. The number of anilines is 1. The number of rotatable bonds is 2. The lowest BCUT2D eigenvalue weighted by atomic mass is 10.0. The third-order valence-corrected chi connectivity index (χ3v) is 6.65. The first-order valence-electron chi connectivity index (χ1n) is 9.31. The number of carbonyl (C=O) groups is 1. The number of nitrogens with zero attached hydrogens (tertiary/aromatic N) is 3. The smallest absolute Gasteiger partial charge is 0.268 e. The fourth-order valence-corrected chi connectivity index (χ4v) is 5.14. The van der Waals surface area contributed by atoms with E-state index in [4.69, 9.17) is 9.97 Å². The van der Waals surface area contributed by atoms with Crippen LogP contribution in [0, 0.1) is 13.8 Å². The maximum atomic E-state index is 13.4. The van der Waals surface area contributed by atoms with Crippen LogP contribution in [0.4, 0.5) is 5.69 Å². The van der Waals surface area contributed by atoms with E-state index in [2.05, 4.69) is 18.2 Å². The van der Waals surface area contributed by atoms with Crippen molar-refractivity contribution in [1.29, 1.82) is 0 Å². The minimum Gasteiger partial charge on any atom is -0.307 e. The minimum atomic E-state index is 0.102. The molecule has 1 aromatic carbocycles. The van der Waals surface area contributed by atoms with Crippen LogP contribution in [0.25, 0.3) is 10.2 Å². The lowest BCUT2D eigenvalue weighted by Gasteiger charge is -2.29. The third kappa shape index (κ3) is 2.45. The summed E-state index contributed by atoms with van der Waals surface area (Å²) in [6, 6.07) is 8.25. The van der Waals surface area contributed by atoms with Crippen LogP contribution in [0.3, 0.4) is 0 Å². The number of carbonyl (C=O) groups excluding carboxylic acids is 1. The molecule has 1 fully saturated rings. The second kappa shape index (κ2) is 5.88. The van der Waals surface area contributed by atoms with E-state index in [9.17, 15) is 4.79 Å². The summed E-state index contributed by atoms with van der Waals surface area (Å²) in [6.45, 7) is 4.86. The van der Waals surface area contributed by atoms with Crippen molar-refractivity contribution < 1.29 is 4.79 Å². The molecule has 3 aromatic rings. The number of thiophene rings is 1. The quantitative estimate of drug-likeness (QED) is 0.658. The molecule has 2 aliphatic rings. The van der Waals surface area contributed by atoms with Crippen molar-refractivity contribution in [2.45, 2.75) is 45.4 Å². The Morgan fingerprint density at radius 3 is 2.81 bits per heavy atom. The topological polar surface area (TPSA) is 46.1 Å². The molecule has 3 heterocycles. The van der Waals surface area contributed by atoms with E-state index in [-0.39, 0.29) is 5.91 Å². The molecule has 5 rings (SSSR count). The molecule has 2 aromatic heterocycles. The lowest BCUT2D eigenvalue weighted by Crippen LogP contribution is -2.35. The summed E-state index contributed by atoms with van der Waals surface area (Å²) in [7, 11) is 0. The SMILES string of the molecule is Cc1nc(C2CC2)nc2sc(C(=O)N3CCCc4ccccc43)c(C)c12. The number of aryl methyl sites for hydroxylation is 3. The highest BCUT2D eigenvalue weighted by Crippen LogP contribution is 2.41. The average molecular weight is 363 g/mol. The Labute approximate surface area is 156 Å². The van der Waals surface area contributed by atoms with Crippen molar-refractivity contribution >= 4 is 33.1 Å². The molecule has 5 heteroatoms. The minimum absolute atomic E-state index is 0.102. The van der Waals surface area contributed by atoms with Crippen LogP contribution in [0.5, 0.6) is 0 Å². The molecule has 0 bridgehead atoms. The van der Waals surface area contributed by atoms with Crippen LogP contribution >= 0.6 is 11.3 Å². The van der Waals surface area contributed by atoms with Gasteiger partial charge in [-0.2, -0.15) is 0 Å². The van der Waals surface area contributed by atoms with Crippen molar-refractivity contribution in [3.8, 4) is 0 Å². The molecule has 4 nitrogen and oxygen atoms in total. The van der Waals surface area contributed by atoms with Gasteiger partial charge in [-0.25, -0.2) is 9.97 Å². The fourth-order valence-electron chi connectivity index (χ4n) is 3.96. The Morgan fingerprint density at radius 1 is 1.19 bits per heavy atom. The van der Waals surface area contributed by atoms with Crippen LogP contribution in [-0.4, -0.2) is 22.4 Å². The number of aromatic nitrogens is 2. The highest BCUT2D eigenvalue weighted by atomic mass is 32.1.